The second-order valence-corrected chi connectivity index (χ2v) is 2.90. The Bertz CT molecular complexity index is 268. The van der Waals surface area contributed by atoms with Crippen molar-refractivity contribution in [3.63, 3.8) is 0 Å². The molecule has 0 radical (unpaired) electrons. The van der Waals surface area contributed by atoms with Gasteiger partial charge in [0.25, 0.3) is 0 Å². The Morgan fingerprint density at radius 1 is 0.933 bits per heavy atom. The van der Waals surface area contributed by atoms with E-state index in [0.29, 0.717) is 0 Å². The molecule has 7 heteroatoms. The van der Waals surface area contributed by atoms with Crippen LogP contribution in [0.1, 0.15) is 13.8 Å². The molecule has 0 spiro atoms. The van der Waals surface area contributed by atoms with Crippen molar-refractivity contribution >= 4 is 17.7 Å². The molecule has 0 saturated carbocycles. The monoisotopic (exact) mass is 220 g/mol. The van der Waals surface area contributed by atoms with Crippen molar-refractivity contribution in [1.29, 1.82) is 0 Å². The Balaban J connectivity index is 4.35. The average Bonchev–Trinajstić information content (AvgIpc) is 2.14. The molecule has 0 amide bonds. The molecule has 0 aromatic heterocycles. The van der Waals surface area contributed by atoms with Gasteiger partial charge in [0.1, 0.15) is 12.2 Å². The maximum atomic E-state index is 10.9. The van der Waals surface area contributed by atoms with Gasteiger partial charge in [-0.25, -0.2) is 9.59 Å². The van der Waals surface area contributed by atoms with Gasteiger partial charge in [-0.3, -0.25) is 4.79 Å². The minimum atomic E-state index is -2.23. The fourth-order valence-electron chi connectivity index (χ4n) is 0.585. The van der Waals surface area contributed by atoms with Crippen LogP contribution in [0.3, 0.4) is 0 Å². The molecule has 7 nitrogen and oxygen atoms in total. The van der Waals surface area contributed by atoms with E-state index in [9.17, 15) is 14.4 Å². The fourth-order valence-corrected chi connectivity index (χ4v) is 0.585. The molecule has 0 aromatic carbocycles. The van der Waals surface area contributed by atoms with Crippen LogP contribution < -0.4 is 0 Å². The summed E-state index contributed by atoms with van der Waals surface area (Å²) in [5.74, 6) is -3.98. The molecule has 3 N–H and O–H groups in total. The SMILES string of the molecule is CC(O)C(=O)OC(=O)C(O)C(=O)C(C)O. The van der Waals surface area contributed by atoms with Gasteiger partial charge in [0, 0.05) is 0 Å². The number of ketones is 1. The van der Waals surface area contributed by atoms with Gasteiger partial charge >= 0.3 is 11.9 Å². The first-order valence-corrected chi connectivity index (χ1v) is 4.10. The number of Topliss-reactive ketones (excluding diaryl/α,β-unsaturated/α-hetero) is 1. The molecule has 0 aliphatic carbocycles. The Labute approximate surface area is 85.3 Å². The molecule has 0 heterocycles. The summed E-state index contributed by atoms with van der Waals surface area (Å²) in [7, 11) is 0. The van der Waals surface area contributed by atoms with Crippen LogP contribution in [0, 0.1) is 0 Å². The van der Waals surface area contributed by atoms with Gasteiger partial charge in [0.2, 0.25) is 11.9 Å². The first-order chi connectivity index (χ1) is 6.77. The predicted octanol–water partition coefficient (Wildman–Crippen LogP) is -2.25. The molecule has 0 rings (SSSR count). The molecule has 15 heavy (non-hydrogen) atoms. The molecular formula is C8H12O7. The maximum Gasteiger partial charge on any atom is 0.350 e. The van der Waals surface area contributed by atoms with Crippen molar-refractivity contribution in [1.82, 2.24) is 0 Å². The highest BCUT2D eigenvalue weighted by atomic mass is 16.6. The van der Waals surface area contributed by atoms with E-state index in [-0.39, 0.29) is 0 Å². The summed E-state index contributed by atoms with van der Waals surface area (Å²) < 4.78 is 3.94. The average molecular weight is 220 g/mol. The van der Waals surface area contributed by atoms with Crippen LogP contribution in [-0.4, -0.2) is 51.4 Å². The molecule has 86 valence electrons. The van der Waals surface area contributed by atoms with Gasteiger partial charge in [-0.1, -0.05) is 0 Å². The van der Waals surface area contributed by atoms with E-state index in [0.717, 1.165) is 13.8 Å². The van der Waals surface area contributed by atoms with E-state index in [1.54, 1.807) is 0 Å². The van der Waals surface area contributed by atoms with Crippen molar-refractivity contribution in [2.75, 3.05) is 0 Å². The summed E-state index contributed by atoms with van der Waals surface area (Å²) in [6, 6.07) is 0. The third-order valence-electron chi connectivity index (χ3n) is 1.45. The molecular weight excluding hydrogens is 208 g/mol. The molecule has 3 unspecified atom stereocenters. The topological polar surface area (TPSA) is 121 Å². The molecule has 0 bridgehead atoms. The molecule has 0 saturated heterocycles. The second-order valence-electron chi connectivity index (χ2n) is 2.90. The van der Waals surface area contributed by atoms with E-state index < -0.39 is 36.0 Å². The Morgan fingerprint density at radius 2 is 1.40 bits per heavy atom. The van der Waals surface area contributed by atoms with E-state index in [1.807, 2.05) is 0 Å². The number of aliphatic hydroxyl groups excluding tert-OH is 3. The first-order valence-electron chi connectivity index (χ1n) is 4.10. The maximum absolute atomic E-state index is 10.9. The number of carbonyl (C=O) groups is 3. The van der Waals surface area contributed by atoms with Crippen molar-refractivity contribution in [2.24, 2.45) is 0 Å². The van der Waals surface area contributed by atoms with Crippen LogP contribution >= 0.6 is 0 Å². The summed E-state index contributed by atoms with van der Waals surface area (Å²) >= 11 is 0. The number of ether oxygens (including phenoxy) is 1. The number of hydrogen-bond acceptors (Lipinski definition) is 7. The number of esters is 2. The first kappa shape index (κ1) is 13.7. The fraction of sp³-hybridized carbons (Fsp3) is 0.625. The summed E-state index contributed by atoms with van der Waals surface area (Å²) in [5, 5.41) is 26.4. The molecule has 0 aliphatic rings. The standard InChI is InChI=1S/C8H12O7/c1-3(9)5(11)6(12)8(14)15-7(13)4(2)10/h3-4,6,9-10,12H,1-2H3. The predicted molar refractivity (Wildman–Crippen MR) is 45.5 cm³/mol. The van der Waals surface area contributed by atoms with Crippen molar-refractivity contribution < 1.29 is 34.4 Å². The summed E-state index contributed by atoms with van der Waals surface area (Å²) in [6.07, 6.45) is -5.32. The van der Waals surface area contributed by atoms with Crippen LogP contribution in [0.25, 0.3) is 0 Å². The number of rotatable bonds is 4. The molecule has 0 aliphatic heterocycles. The van der Waals surface area contributed by atoms with Gasteiger partial charge < -0.3 is 20.1 Å². The van der Waals surface area contributed by atoms with E-state index in [4.69, 9.17) is 15.3 Å². The van der Waals surface area contributed by atoms with Gasteiger partial charge in [-0.05, 0) is 13.8 Å². The van der Waals surface area contributed by atoms with Gasteiger partial charge in [-0.15, -0.1) is 0 Å². The highest BCUT2D eigenvalue weighted by Gasteiger charge is 2.30. The summed E-state index contributed by atoms with van der Waals surface area (Å²) in [5.41, 5.74) is 0. The zero-order valence-corrected chi connectivity index (χ0v) is 8.21. The third kappa shape index (κ3) is 4.15. The van der Waals surface area contributed by atoms with E-state index in [1.165, 1.54) is 0 Å². The van der Waals surface area contributed by atoms with Crippen molar-refractivity contribution in [2.45, 2.75) is 32.2 Å². The lowest BCUT2D eigenvalue weighted by atomic mass is 10.1. The van der Waals surface area contributed by atoms with Crippen molar-refractivity contribution in [3.8, 4) is 0 Å². The van der Waals surface area contributed by atoms with Crippen molar-refractivity contribution in [3.05, 3.63) is 0 Å². The quantitative estimate of drug-likeness (QED) is 0.361. The largest absolute Gasteiger partial charge is 0.389 e. The van der Waals surface area contributed by atoms with Gasteiger partial charge in [-0.2, -0.15) is 0 Å². The van der Waals surface area contributed by atoms with Crippen LogP contribution in [0.5, 0.6) is 0 Å². The molecule has 0 aromatic rings. The Hall–Kier alpha value is -1.31. The highest BCUT2D eigenvalue weighted by Crippen LogP contribution is 1.97. The minimum absolute atomic E-state index is 1.05. The molecule has 3 atom stereocenters. The smallest absolute Gasteiger partial charge is 0.350 e. The highest BCUT2D eigenvalue weighted by molar-refractivity contribution is 6.06. The lowest BCUT2D eigenvalue weighted by Crippen LogP contribution is -2.39. The van der Waals surface area contributed by atoms with Gasteiger partial charge in [0.05, 0.1) is 0 Å². The zero-order chi connectivity index (χ0) is 12.2. The lowest BCUT2D eigenvalue weighted by molar-refractivity contribution is -0.172. The summed E-state index contributed by atoms with van der Waals surface area (Å²) in [6.45, 7) is 2.10. The number of carbonyl (C=O) groups excluding carboxylic acids is 3. The van der Waals surface area contributed by atoms with E-state index >= 15 is 0 Å². The van der Waals surface area contributed by atoms with Gasteiger partial charge in [0.15, 0.2) is 0 Å². The Kier molecular flexibility index (Phi) is 5.06. The molecule has 0 fully saturated rings. The van der Waals surface area contributed by atoms with Crippen LogP contribution in [0.2, 0.25) is 0 Å². The zero-order valence-electron chi connectivity index (χ0n) is 8.21. The van der Waals surface area contributed by atoms with Crippen LogP contribution in [0.15, 0.2) is 0 Å². The second kappa shape index (κ2) is 5.54. The van der Waals surface area contributed by atoms with E-state index in [2.05, 4.69) is 4.74 Å². The third-order valence-corrected chi connectivity index (χ3v) is 1.45. The lowest BCUT2D eigenvalue weighted by Gasteiger charge is -2.10. The minimum Gasteiger partial charge on any atom is -0.389 e. The normalized spacial score (nSPS) is 16.3. The number of hydrogen-bond donors (Lipinski definition) is 3. The van der Waals surface area contributed by atoms with Crippen LogP contribution in [-0.2, 0) is 19.1 Å². The summed E-state index contributed by atoms with van der Waals surface area (Å²) in [4.78, 5) is 32.4. The van der Waals surface area contributed by atoms with Crippen LogP contribution in [0.4, 0.5) is 0 Å². The Morgan fingerprint density at radius 3 is 1.73 bits per heavy atom. The number of aliphatic hydroxyl groups is 3.